The van der Waals surface area contributed by atoms with E-state index in [2.05, 4.69) is 15.4 Å². The van der Waals surface area contributed by atoms with Gasteiger partial charge in [0.05, 0.1) is 23.1 Å². The molecule has 0 spiro atoms. The molecule has 0 aliphatic carbocycles. The SMILES string of the molecule is CC(C)(C)C(=O)n1nc(-c2cn(CC(=O)c3cocn3)c(=O)cc2C(=O)c2ccccc2)cc1NCc1ccc(Cl)s1. The highest BCUT2D eigenvalue weighted by atomic mass is 35.5. The number of hydrogen-bond acceptors (Lipinski definition) is 9. The number of halogens is 1. The van der Waals surface area contributed by atoms with Crippen LogP contribution < -0.4 is 10.9 Å². The molecule has 12 heteroatoms. The van der Waals surface area contributed by atoms with E-state index in [4.69, 9.17) is 16.0 Å². The zero-order valence-electron chi connectivity index (χ0n) is 23.0. The molecule has 0 fully saturated rings. The van der Waals surface area contributed by atoms with E-state index in [9.17, 15) is 19.2 Å². The van der Waals surface area contributed by atoms with E-state index in [0.29, 0.717) is 22.3 Å². The summed E-state index contributed by atoms with van der Waals surface area (Å²) in [5, 5.41) is 7.85. The fraction of sp³-hybridized carbons (Fsp3) is 0.200. The number of nitrogens with zero attached hydrogens (tertiary/aromatic N) is 4. The summed E-state index contributed by atoms with van der Waals surface area (Å²) < 4.78 is 7.97. The third-order valence-electron chi connectivity index (χ3n) is 6.33. The van der Waals surface area contributed by atoms with Gasteiger partial charge in [-0.2, -0.15) is 9.78 Å². The van der Waals surface area contributed by atoms with E-state index < -0.39 is 22.5 Å². The summed E-state index contributed by atoms with van der Waals surface area (Å²) in [6, 6.07) is 15.0. The molecule has 0 atom stereocenters. The number of rotatable bonds is 9. The van der Waals surface area contributed by atoms with E-state index in [0.717, 1.165) is 11.3 Å². The van der Waals surface area contributed by atoms with E-state index in [1.807, 2.05) is 6.07 Å². The van der Waals surface area contributed by atoms with Gasteiger partial charge in [-0.1, -0.05) is 62.7 Å². The lowest BCUT2D eigenvalue weighted by molar-refractivity contribution is 0.0752. The number of hydrogen-bond donors (Lipinski definition) is 1. The molecule has 0 unspecified atom stereocenters. The predicted octanol–water partition coefficient (Wildman–Crippen LogP) is 5.83. The first-order valence-corrected chi connectivity index (χ1v) is 14.1. The third-order valence-corrected chi connectivity index (χ3v) is 7.56. The Morgan fingerprint density at radius 2 is 1.83 bits per heavy atom. The summed E-state index contributed by atoms with van der Waals surface area (Å²) >= 11 is 7.49. The van der Waals surface area contributed by atoms with Gasteiger partial charge in [0.15, 0.2) is 12.2 Å². The maximum atomic E-state index is 13.6. The summed E-state index contributed by atoms with van der Waals surface area (Å²) in [7, 11) is 0. The molecule has 1 aromatic carbocycles. The summed E-state index contributed by atoms with van der Waals surface area (Å²) in [5.74, 6) is -0.753. The Balaban J connectivity index is 1.63. The molecule has 0 saturated carbocycles. The van der Waals surface area contributed by atoms with Crippen LogP contribution in [0, 0.1) is 5.41 Å². The highest BCUT2D eigenvalue weighted by molar-refractivity contribution is 7.16. The van der Waals surface area contributed by atoms with E-state index in [-0.39, 0.29) is 35.0 Å². The van der Waals surface area contributed by atoms with Gasteiger partial charge in [0.1, 0.15) is 17.8 Å². The lowest BCUT2D eigenvalue weighted by Crippen LogP contribution is -2.29. The van der Waals surface area contributed by atoms with Crippen molar-refractivity contribution in [1.29, 1.82) is 0 Å². The first-order chi connectivity index (χ1) is 20.0. The van der Waals surface area contributed by atoms with Gasteiger partial charge in [0.25, 0.3) is 11.5 Å². The van der Waals surface area contributed by atoms with Gasteiger partial charge in [-0.25, -0.2) is 4.98 Å². The number of pyridine rings is 1. The number of ketones is 2. The molecule has 214 valence electrons. The van der Waals surface area contributed by atoms with Crippen LogP contribution in [0.25, 0.3) is 11.3 Å². The Hall–Kier alpha value is -4.61. The second-order valence-corrected chi connectivity index (χ2v) is 12.3. The topological polar surface area (TPSA) is 129 Å². The second-order valence-electron chi connectivity index (χ2n) is 10.5. The lowest BCUT2D eigenvalue weighted by atomic mass is 9.96. The standard InChI is InChI=1S/C30H26ClN5O5S/c1-30(2,3)29(40)36-26(32-13-19-9-10-25(31)42-19)12-22(34-36)21-14-35(15-24(37)23-16-41-17-33-23)27(38)11-20(21)28(39)18-7-5-4-6-8-18/h4-12,14,16-17,32H,13,15H2,1-3H3. The van der Waals surface area contributed by atoms with Crippen molar-refractivity contribution in [2.24, 2.45) is 5.41 Å². The van der Waals surface area contributed by atoms with E-state index in [1.165, 1.54) is 39.1 Å². The number of Topliss-reactive ketones (excluding diaryl/α,β-unsaturated/α-hetero) is 1. The Bertz CT molecular complexity index is 1830. The zero-order valence-corrected chi connectivity index (χ0v) is 24.5. The number of carbonyl (C=O) groups is 3. The van der Waals surface area contributed by atoms with Crippen molar-refractivity contribution < 1.29 is 18.8 Å². The number of oxazole rings is 1. The fourth-order valence-electron chi connectivity index (χ4n) is 4.16. The Morgan fingerprint density at radius 1 is 1.07 bits per heavy atom. The Kier molecular flexibility index (Phi) is 8.06. The van der Waals surface area contributed by atoms with Gasteiger partial charge in [0, 0.05) is 45.3 Å². The number of thiophene rings is 1. The van der Waals surface area contributed by atoms with Crippen molar-refractivity contribution in [3.63, 3.8) is 0 Å². The molecule has 5 rings (SSSR count). The van der Waals surface area contributed by atoms with Crippen LogP contribution in [0.15, 0.2) is 82.7 Å². The molecule has 0 saturated heterocycles. The highest BCUT2D eigenvalue weighted by Crippen LogP contribution is 2.30. The smallest absolute Gasteiger partial charge is 0.254 e. The van der Waals surface area contributed by atoms with E-state index in [1.54, 1.807) is 63.2 Å². The van der Waals surface area contributed by atoms with Crippen molar-refractivity contribution in [3.05, 3.63) is 110 Å². The van der Waals surface area contributed by atoms with Gasteiger partial charge < -0.3 is 14.3 Å². The van der Waals surface area contributed by atoms with Crippen molar-refractivity contribution in [3.8, 4) is 11.3 Å². The fourth-order valence-corrected chi connectivity index (χ4v) is 5.18. The molecule has 42 heavy (non-hydrogen) atoms. The van der Waals surface area contributed by atoms with Crippen LogP contribution in [-0.2, 0) is 13.1 Å². The summed E-state index contributed by atoms with van der Waals surface area (Å²) in [4.78, 5) is 57.8. The zero-order chi connectivity index (χ0) is 30.0. The van der Waals surface area contributed by atoms with Gasteiger partial charge in [-0.15, -0.1) is 11.3 Å². The number of anilines is 1. The molecule has 4 heterocycles. The molecule has 10 nitrogen and oxygen atoms in total. The lowest BCUT2D eigenvalue weighted by Gasteiger charge is -2.18. The van der Waals surface area contributed by atoms with Crippen molar-refractivity contribution >= 4 is 46.2 Å². The van der Waals surface area contributed by atoms with E-state index >= 15 is 0 Å². The van der Waals surface area contributed by atoms with Crippen molar-refractivity contribution in [2.75, 3.05) is 5.32 Å². The molecular weight excluding hydrogens is 578 g/mol. The summed E-state index contributed by atoms with van der Waals surface area (Å²) in [6.07, 6.45) is 3.73. The summed E-state index contributed by atoms with van der Waals surface area (Å²) in [5.41, 5.74) is -0.285. The van der Waals surface area contributed by atoms with Crippen LogP contribution in [0.2, 0.25) is 4.34 Å². The average molecular weight is 604 g/mol. The monoisotopic (exact) mass is 603 g/mol. The third kappa shape index (κ3) is 6.17. The minimum Gasteiger partial charge on any atom is -0.451 e. The number of aromatic nitrogens is 4. The Labute approximate surface area is 249 Å². The molecule has 0 aliphatic heterocycles. The molecule has 0 amide bonds. The largest absolute Gasteiger partial charge is 0.451 e. The highest BCUT2D eigenvalue weighted by Gasteiger charge is 2.28. The number of carbonyl (C=O) groups excluding carboxylic acids is 3. The Morgan fingerprint density at radius 3 is 2.48 bits per heavy atom. The van der Waals surface area contributed by atoms with Crippen LogP contribution in [0.3, 0.4) is 0 Å². The normalized spacial score (nSPS) is 11.4. The van der Waals surface area contributed by atoms with Crippen LogP contribution in [-0.4, -0.2) is 36.8 Å². The first-order valence-electron chi connectivity index (χ1n) is 12.9. The molecule has 0 aliphatic rings. The van der Waals surface area contributed by atoms with Crippen LogP contribution >= 0.6 is 22.9 Å². The van der Waals surface area contributed by atoms with Gasteiger partial charge >= 0.3 is 0 Å². The van der Waals surface area contributed by atoms with Gasteiger partial charge in [0.2, 0.25) is 5.78 Å². The quantitative estimate of drug-likeness (QED) is 0.208. The van der Waals surface area contributed by atoms with Gasteiger partial charge in [-0.05, 0) is 12.1 Å². The number of nitrogens with one attached hydrogen (secondary N) is 1. The predicted molar refractivity (Wildman–Crippen MR) is 159 cm³/mol. The molecule has 1 N–H and O–H groups in total. The van der Waals surface area contributed by atoms with Crippen LogP contribution in [0.5, 0.6) is 0 Å². The molecule has 0 bridgehead atoms. The minimum atomic E-state index is -0.780. The maximum Gasteiger partial charge on any atom is 0.254 e. The van der Waals surface area contributed by atoms with Crippen molar-refractivity contribution in [1.82, 2.24) is 19.3 Å². The van der Waals surface area contributed by atoms with Crippen LogP contribution in [0.1, 0.15) is 56.9 Å². The van der Waals surface area contributed by atoms with Gasteiger partial charge in [-0.3, -0.25) is 19.2 Å². The minimum absolute atomic E-state index is 0.0631. The molecular formula is C30H26ClN5O5S. The average Bonchev–Trinajstić information content (AvgIpc) is 3.73. The van der Waals surface area contributed by atoms with Crippen LogP contribution in [0.4, 0.5) is 5.82 Å². The second kappa shape index (κ2) is 11.7. The maximum absolute atomic E-state index is 13.6. The molecule has 0 radical (unpaired) electrons. The number of benzene rings is 1. The molecule has 4 aromatic heterocycles. The van der Waals surface area contributed by atoms with Crippen molar-refractivity contribution in [2.45, 2.75) is 33.9 Å². The first kappa shape index (κ1) is 28.9. The summed E-state index contributed by atoms with van der Waals surface area (Å²) in [6.45, 7) is 5.37. The molecule has 5 aromatic rings.